The number of hydrogen-bond donors (Lipinski definition) is 2. The Kier molecular flexibility index (Phi) is 9.36. The summed E-state index contributed by atoms with van der Waals surface area (Å²) < 4.78 is 16.5. The van der Waals surface area contributed by atoms with Crippen molar-refractivity contribution < 1.29 is 28.6 Å². The monoisotopic (exact) mass is 509 g/mol. The van der Waals surface area contributed by atoms with E-state index in [9.17, 15) is 24.0 Å². The van der Waals surface area contributed by atoms with Gasteiger partial charge < -0.3 is 19.5 Å². The second-order valence-electron chi connectivity index (χ2n) is 8.04. The Morgan fingerprint density at radius 2 is 1.73 bits per heavy atom. The van der Waals surface area contributed by atoms with Gasteiger partial charge >= 0.3 is 17.6 Å². The van der Waals surface area contributed by atoms with Gasteiger partial charge in [0.05, 0.1) is 20.8 Å². The van der Waals surface area contributed by atoms with Gasteiger partial charge in [-0.05, 0) is 41.8 Å². The van der Waals surface area contributed by atoms with Crippen molar-refractivity contribution in [3.8, 4) is 5.75 Å². The van der Waals surface area contributed by atoms with Gasteiger partial charge in [-0.25, -0.2) is 9.59 Å². The van der Waals surface area contributed by atoms with Crippen molar-refractivity contribution in [1.29, 1.82) is 0 Å². The van der Waals surface area contributed by atoms with E-state index in [0.717, 1.165) is 11.1 Å². The SMILES string of the molecule is COC(=O)CC[C@@H](NC(=O)c1cccc(COc2ccc(Cn3ccc(=O)[nH]c3=O)cc2)c1)C(=O)OC. The van der Waals surface area contributed by atoms with Gasteiger partial charge in [0, 0.05) is 24.2 Å². The van der Waals surface area contributed by atoms with Gasteiger partial charge in [-0.15, -0.1) is 0 Å². The van der Waals surface area contributed by atoms with E-state index in [1.807, 2.05) is 0 Å². The molecule has 0 saturated heterocycles. The van der Waals surface area contributed by atoms with Crippen molar-refractivity contribution in [3.05, 3.63) is 98.3 Å². The molecule has 0 aliphatic carbocycles. The van der Waals surface area contributed by atoms with Gasteiger partial charge in [0.15, 0.2) is 0 Å². The van der Waals surface area contributed by atoms with Crippen LogP contribution < -0.4 is 21.3 Å². The molecule has 3 aromatic rings. The number of rotatable bonds is 11. The second kappa shape index (κ2) is 12.9. The molecule has 0 fully saturated rings. The number of carbonyl (C=O) groups excluding carboxylic acids is 3. The van der Waals surface area contributed by atoms with E-state index in [-0.39, 0.29) is 19.4 Å². The molecule has 1 amide bonds. The average molecular weight is 510 g/mol. The molecule has 0 unspecified atom stereocenters. The lowest BCUT2D eigenvalue weighted by Crippen LogP contribution is -2.41. The zero-order valence-corrected chi connectivity index (χ0v) is 20.4. The lowest BCUT2D eigenvalue weighted by Gasteiger charge is -2.16. The molecule has 11 nitrogen and oxygen atoms in total. The standard InChI is InChI=1S/C26H27N3O8/c1-35-23(31)11-10-21(25(33)36-2)27-24(32)19-5-3-4-18(14-19)16-37-20-8-6-17(7-9-20)15-29-13-12-22(30)28-26(29)34/h3-9,12-14,21H,10-11,15-16H2,1-2H3,(H,27,32)(H,28,30,34)/t21-/m1/s1. The number of aromatic nitrogens is 2. The summed E-state index contributed by atoms with van der Waals surface area (Å²) in [5.41, 5.74) is 0.939. The summed E-state index contributed by atoms with van der Waals surface area (Å²) in [6.07, 6.45) is 1.42. The predicted molar refractivity (Wildman–Crippen MR) is 132 cm³/mol. The second-order valence-corrected chi connectivity index (χ2v) is 8.04. The van der Waals surface area contributed by atoms with E-state index in [1.54, 1.807) is 48.5 Å². The Morgan fingerprint density at radius 3 is 2.41 bits per heavy atom. The molecule has 3 rings (SSSR count). The lowest BCUT2D eigenvalue weighted by atomic mass is 10.1. The smallest absolute Gasteiger partial charge is 0.328 e. The highest BCUT2D eigenvalue weighted by Crippen LogP contribution is 2.16. The Bertz CT molecular complexity index is 1360. The number of nitrogens with one attached hydrogen (secondary N) is 2. The maximum absolute atomic E-state index is 12.7. The highest BCUT2D eigenvalue weighted by atomic mass is 16.5. The van der Waals surface area contributed by atoms with Crippen LogP contribution in [0.25, 0.3) is 0 Å². The first-order chi connectivity index (χ1) is 17.8. The molecule has 0 saturated carbocycles. The van der Waals surface area contributed by atoms with Crippen molar-refractivity contribution in [1.82, 2.24) is 14.9 Å². The molecule has 0 spiro atoms. The first kappa shape index (κ1) is 26.9. The third-order valence-electron chi connectivity index (χ3n) is 5.42. The molecule has 0 aliphatic rings. The van der Waals surface area contributed by atoms with Crippen LogP contribution in [0.15, 0.2) is 70.4 Å². The minimum absolute atomic E-state index is 0.0424. The Labute approximate surface area is 212 Å². The maximum Gasteiger partial charge on any atom is 0.328 e. The van der Waals surface area contributed by atoms with Gasteiger partial charge in [-0.3, -0.25) is 23.9 Å². The normalized spacial score (nSPS) is 11.3. The summed E-state index contributed by atoms with van der Waals surface area (Å²) in [5.74, 6) is -1.07. The van der Waals surface area contributed by atoms with Gasteiger partial charge in [0.1, 0.15) is 18.4 Å². The first-order valence-electron chi connectivity index (χ1n) is 11.3. The largest absolute Gasteiger partial charge is 0.489 e. The van der Waals surface area contributed by atoms with E-state index in [1.165, 1.54) is 31.0 Å². The number of benzene rings is 2. The van der Waals surface area contributed by atoms with Gasteiger partial charge in [-0.2, -0.15) is 0 Å². The van der Waals surface area contributed by atoms with Crippen LogP contribution in [0.4, 0.5) is 0 Å². The van der Waals surface area contributed by atoms with Crippen molar-refractivity contribution >= 4 is 17.8 Å². The fourth-order valence-electron chi connectivity index (χ4n) is 3.42. The highest BCUT2D eigenvalue weighted by Gasteiger charge is 2.23. The Hall–Kier alpha value is -4.67. The summed E-state index contributed by atoms with van der Waals surface area (Å²) in [6, 6.07) is 14.1. The van der Waals surface area contributed by atoms with Crippen molar-refractivity contribution in [2.24, 2.45) is 0 Å². The number of esters is 2. The van der Waals surface area contributed by atoms with Crippen LogP contribution in [0.3, 0.4) is 0 Å². The van der Waals surface area contributed by atoms with Crippen LogP contribution in [0, 0.1) is 0 Å². The minimum atomic E-state index is -0.998. The summed E-state index contributed by atoms with van der Waals surface area (Å²) in [4.78, 5) is 61.4. The molecule has 1 heterocycles. The molecule has 37 heavy (non-hydrogen) atoms. The van der Waals surface area contributed by atoms with E-state index in [0.29, 0.717) is 17.9 Å². The van der Waals surface area contributed by atoms with Crippen LogP contribution >= 0.6 is 0 Å². The molecule has 0 aliphatic heterocycles. The summed E-state index contributed by atoms with van der Waals surface area (Å²) in [7, 11) is 2.45. The third kappa shape index (κ3) is 7.92. The van der Waals surface area contributed by atoms with E-state index in [2.05, 4.69) is 15.0 Å². The number of nitrogens with zero attached hydrogens (tertiary/aromatic N) is 1. The number of carbonyl (C=O) groups is 3. The number of ether oxygens (including phenoxy) is 3. The molecule has 0 bridgehead atoms. The molecule has 1 aromatic heterocycles. The van der Waals surface area contributed by atoms with E-state index in [4.69, 9.17) is 9.47 Å². The fourth-order valence-corrected chi connectivity index (χ4v) is 3.42. The third-order valence-corrected chi connectivity index (χ3v) is 5.42. The summed E-state index contributed by atoms with van der Waals surface area (Å²) in [6.45, 7) is 0.474. The predicted octanol–water partition coefficient (Wildman–Crippen LogP) is 1.39. The Morgan fingerprint density at radius 1 is 0.973 bits per heavy atom. The fraction of sp³-hybridized carbons (Fsp3) is 0.269. The number of aromatic amines is 1. The topological polar surface area (TPSA) is 146 Å². The minimum Gasteiger partial charge on any atom is -0.489 e. The number of amides is 1. The molecule has 2 N–H and O–H groups in total. The van der Waals surface area contributed by atoms with Gasteiger partial charge in [-0.1, -0.05) is 24.3 Å². The van der Waals surface area contributed by atoms with Crippen molar-refractivity contribution in [3.63, 3.8) is 0 Å². The van der Waals surface area contributed by atoms with E-state index >= 15 is 0 Å². The number of methoxy groups -OCH3 is 2. The lowest BCUT2D eigenvalue weighted by molar-refractivity contribution is -0.144. The molecule has 2 aromatic carbocycles. The Balaban J connectivity index is 1.59. The average Bonchev–Trinajstić information content (AvgIpc) is 2.91. The zero-order chi connectivity index (χ0) is 26.8. The van der Waals surface area contributed by atoms with Crippen molar-refractivity contribution in [2.75, 3.05) is 14.2 Å². The number of hydrogen-bond acceptors (Lipinski definition) is 8. The first-order valence-corrected chi connectivity index (χ1v) is 11.3. The molecule has 1 atom stereocenters. The molecule has 11 heteroatoms. The molecular formula is C26H27N3O8. The van der Waals surface area contributed by atoms with Crippen LogP contribution in [-0.2, 0) is 32.2 Å². The maximum atomic E-state index is 12.7. The quantitative estimate of drug-likeness (QED) is 0.369. The van der Waals surface area contributed by atoms with E-state index < -0.39 is 35.1 Å². The van der Waals surface area contributed by atoms with Crippen LogP contribution in [0.5, 0.6) is 5.75 Å². The molecule has 0 radical (unpaired) electrons. The van der Waals surface area contributed by atoms with Crippen LogP contribution in [0.2, 0.25) is 0 Å². The number of H-pyrrole nitrogens is 1. The summed E-state index contributed by atoms with van der Waals surface area (Å²) in [5, 5.41) is 2.59. The van der Waals surface area contributed by atoms with Crippen LogP contribution in [-0.4, -0.2) is 47.7 Å². The van der Waals surface area contributed by atoms with Crippen molar-refractivity contribution in [2.45, 2.75) is 32.0 Å². The van der Waals surface area contributed by atoms with Gasteiger partial charge in [0.25, 0.3) is 11.5 Å². The van der Waals surface area contributed by atoms with Crippen LogP contribution in [0.1, 0.15) is 34.3 Å². The highest BCUT2D eigenvalue weighted by molar-refractivity contribution is 5.97. The zero-order valence-electron chi connectivity index (χ0n) is 20.4. The molecular weight excluding hydrogens is 482 g/mol. The van der Waals surface area contributed by atoms with Gasteiger partial charge in [0.2, 0.25) is 0 Å². The molecule has 194 valence electrons. The summed E-state index contributed by atoms with van der Waals surface area (Å²) >= 11 is 0.